The molecule has 0 N–H and O–H groups in total. The van der Waals surface area contributed by atoms with Crippen LogP contribution in [0, 0.1) is 10.8 Å². The van der Waals surface area contributed by atoms with Crippen molar-refractivity contribution in [2.45, 2.75) is 119 Å². The molecule has 0 unspecified atom stereocenters. The normalized spacial score (nSPS) is 12.8. The Kier molecular flexibility index (Phi) is 14.1. The fraction of sp³-hybridized carbons (Fsp3) is 1.00. The maximum absolute atomic E-state index is 5.36. The average molecular weight is 343 g/mol. The van der Waals surface area contributed by atoms with E-state index in [1.54, 1.807) is 0 Å². The Morgan fingerprint density at radius 1 is 0.458 bits per heavy atom. The lowest BCUT2D eigenvalue weighted by atomic mass is 9.76. The van der Waals surface area contributed by atoms with Crippen molar-refractivity contribution in [3.05, 3.63) is 0 Å². The van der Waals surface area contributed by atoms with E-state index in [-0.39, 0.29) is 0 Å². The quantitative estimate of drug-likeness (QED) is 0.153. The van der Waals surface area contributed by atoms with Crippen LogP contribution < -0.4 is 0 Å². The van der Waals surface area contributed by atoms with Gasteiger partial charge in [-0.05, 0) is 36.5 Å². The summed E-state index contributed by atoms with van der Waals surface area (Å²) in [6, 6.07) is 0. The maximum atomic E-state index is 5.36. The highest BCUT2D eigenvalue weighted by Crippen LogP contribution is 2.36. The van der Waals surface area contributed by atoms with Gasteiger partial charge < -0.3 is 0 Å². The summed E-state index contributed by atoms with van der Waals surface area (Å²) in [6.07, 6.45) is 15.2. The van der Waals surface area contributed by atoms with Gasteiger partial charge in [0.15, 0.2) is 0 Å². The van der Waals surface area contributed by atoms with Gasteiger partial charge in [0.2, 0.25) is 0 Å². The van der Waals surface area contributed by atoms with Gasteiger partial charge in [-0.3, -0.25) is 0 Å². The van der Waals surface area contributed by atoms with Crippen LogP contribution in [0.2, 0.25) is 0 Å². The third-order valence-corrected chi connectivity index (χ3v) is 6.95. The number of hydrogen-bond acceptors (Lipinski definition) is 2. The van der Waals surface area contributed by atoms with Crippen molar-refractivity contribution in [1.29, 1.82) is 0 Å². The fourth-order valence-corrected chi connectivity index (χ4v) is 4.00. The molecule has 146 valence electrons. The van der Waals surface area contributed by atoms with Crippen LogP contribution in [0.3, 0.4) is 0 Å². The molecule has 0 aliphatic rings. The SMILES string of the molecule is CCC(CC)(CC)CCCCOOCCCCC(CC)(CC)CC. The van der Waals surface area contributed by atoms with Crippen LogP contribution in [0.4, 0.5) is 0 Å². The van der Waals surface area contributed by atoms with Crippen molar-refractivity contribution >= 4 is 0 Å². The Morgan fingerprint density at radius 2 is 0.750 bits per heavy atom. The lowest BCUT2D eigenvalue weighted by Crippen LogP contribution is -2.18. The van der Waals surface area contributed by atoms with Gasteiger partial charge in [-0.15, -0.1) is 0 Å². The molecule has 0 saturated heterocycles. The largest absolute Gasteiger partial charge is 0.237 e. The molecule has 0 atom stereocenters. The molecular formula is C22H46O2. The molecule has 2 nitrogen and oxygen atoms in total. The molecular weight excluding hydrogens is 296 g/mol. The van der Waals surface area contributed by atoms with Gasteiger partial charge >= 0.3 is 0 Å². The molecule has 0 aromatic rings. The molecule has 0 heterocycles. The van der Waals surface area contributed by atoms with Gasteiger partial charge in [0.1, 0.15) is 0 Å². The molecule has 0 radical (unpaired) electrons. The Hall–Kier alpha value is -0.0800. The first-order valence-electron chi connectivity index (χ1n) is 10.8. The standard InChI is InChI=1S/C22H46O2/c1-7-21(8-2,9-3)17-13-15-19-23-24-20-16-14-18-22(10-4,11-5)12-6/h7-20H2,1-6H3. The molecule has 0 rings (SSSR count). The van der Waals surface area contributed by atoms with Gasteiger partial charge in [0.25, 0.3) is 0 Å². The molecule has 0 aliphatic carbocycles. The molecule has 2 heteroatoms. The van der Waals surface area contributed by atoms with Crippen molar-refractivity contribution in [3.63, 3.8) is 0 Å². The molecule has 0 amide bonds. The Labute approximate surface area is 153 Å². The first-order chi connectivity index (χ1) is 11.6. The summed E-state index contributed by atoms with van der Waals surface area (Å²) in [7, 11) is 0. The molecule has 0 fully saturated rings. The lowest BCUT2D eigenvalue weighted by Gasteiger charge is -2.30. The van der Waals surface area contributed by atoms with Gasteiger partial charge in [-0.1, -0.05) is 92.9 Å². The van der Waals surface area contributed by atoms with Crippen LogP contribution in [-0.4, -0.2) is 13.2 Å². The van der Waals surface area contributed by atoms with Crippen molar-refractivity contribution in [3.8, 4) is 0 Å². The summed E-state index contributed by atoms with van der Waals surface area (Å²) < 4.78 is 0. The topological polar surface area (TPSA) is 18.5 Å². The number of hydrogen-bond donors (Lipinski definition) is 0. The zero-order valence-corrected chi connectivity index (χ0v) is 17.7. The molecule has 0 aliphatic heterocycles. The van der Waals surface area contributed by atoms with Crippen LogP contribution >= 0.6 is 0 Å². The summed E-state index contributed by atoms with van der Waals surface area (Å²) in [5.74, 6) is 0. The van der Waals surface area contributed by atoms with E-state index in [4.69, 9.17) is 9.78 Å². The molecule has 0 aromatic heterocycles. The zero-order chi connectivity index (χ0) is 18.3. The van der Waals surface area contributed by atoms with Crippen LogP contribution in [-0.2, 0) is 9.78 Å². The fourth-order valence-electron chi connectivity index (χ4n) is 4.00. The van der Waals surface area contributed by atoms with Crippen LogP contribution in [0.5, 0.6) is 0 Å². The van der Waals surface area contributed by atoms with E-state index in [0.29, 0.717) is 10.8 Å². The van der Waals surface area contributed by atoms with Crippen LogP contribution in [0.15, 0.2) is 0 Å². The van der Waals surface area contributed by atoms with Gasteiger partial charge in [0, 0.05) is 0 Å². The second kappa shape index (κ2) is 14.1. The van der Waals surface area contributed by atoms with Crippen molar-refractivity contribution in [1.82, 2.24) is 0 Å². The van der Waals surface area contributed by atoms with Crippen LogP contribution in [0.1, 0.15) is 119 Å². The number of unbranched alkanes of at least 4 members (excludes halogenated alkanes) is 2. The Morgan fingerprint density at radius 3 is 1.00 bits per heavy atom. The van der Waals surface area contributed by atoms with E-state index in [2.05, 4.69) is 41.5 Å². The first kappa shape index (κ1) is 23.9. The summed E-state index contributed by atoms with van der Waals surface area (Å²) in [5, 5.41) is 0. The summed E-state index contributed by atoms with van der Waals surface area (Å²) in [4.78, 5) is 10.7. The van der Waals surface area contributed by atoms with Gasteiger partial charge in [0.05, 0.1) is 13.2 Å². The lowest BCUT2D eigenvalue weighted by molar-refractivity contribution is -0.295. The summed E-state index contributed by atoms with van der Waals surface area (Å²) in [5.41, 5.74) is 1.12. The van der Waals surface area contributed by atoms with E-state index in [9.17, 15) is 0 Å². The first-order valence-corrected chi connectivity index (χ1v) is 10.8. The molecule has 24 heavy (non-hydrogen) atoms. The van der Waals surface area contributed by atoms with Gasteiger partial charge in [-0.25, -0.2) is 9.78 Å². The minimum atomic E-state index is 0.561. The van der Waals surface area contributed by atoms with Crippen molar-refractivity contribution < 1.29 is 9.78 Å². The second-order valence-electron chi connectivity index (χ2n) is 7.68. The smallest absolute Gasteiger partial charge is 0.0822 e. The van der Waals surface area contributed by atoms with Crippen LogP contribution in [0.25, 0.3) is 0 Å². The zero-order valence-electron chi connectivity index (χ0n) is 17.7. The third-order valence-electron chi connectivity index (χ3n) is 6.95. The van der Waals surface area contributed by atoms with E-state index in [1.807, 2.05) is 0 Å². The minimum Gasteiger partial charge on any atom is -0.237 e. The van der Waals surface area contributed by atoms with Gasteiger partial charge in [-0.2, -0.15) is 0 Å². The van der Waals surface area contributed by atoms with Crippen molar-refractivity contribution in [2.24, 2.45) is 10.8 Å². The predicted molar refractivity (Wildman–Crippen MR) is 106 cm³/mol. The highest BCUT2D eigenvalue weighted by molar-refractivity contribution is 4.75. The Bertz CT molecular complexity index is 223. The van der Waals surface area contributed by atoms with E-state index >= 15 is 0 Å². The highest BCUT2D eigenvalue weighted by atomic mass is 17.2. The third kappa shape index (κ3) is 8.85. The van der Waals surface area contributed by atoms with E-state index in [0.717, 1.165) is 26.1 Å². The van der Waals surface area contributed by atoms with E-state index in [1.165, 1.54) is 64.2 Å². The molecule has 0 spiro atoms. The maximum Gasteiger partial charge on any atom is 0.0822 e. The van der Waals surface area contributed by atoms with Crippen molar-refractivity contribution in [2.75, 3.05) is 13.2 Å². The molecule has 0 bridgehead atoms. The predicted octanol–water partition coefficient (Wildman–Crippen LogP) is 7.71. The average Bonchev–Trinajstić information content (AvgIpc) is 2.64. The molecule has 0 aromatic carbocycles. The summed E-state index contributed by atoms with van der Waals surface area (Å²) in [6.45, 7) is 15.5. The second-order valence-corrected chi connectivity index (χ2v) is 7.68. The number of rotatable bonds is 17. The highest BCUT2D eigenvalue weighted by Gasteiger charge is 2.23. The minimum absolute atomic E-state index is 0.561. The monoisotopic (exact) mass is 342 g/mol. The summed E-state index contributed by atoms with van der Waals surface area (Å²) >= 11 is 0. The molecule has 0 saturated carbocycles. The Balaban J connectivity index is 3.58. The van der Waals surface area contributed by atoms with E-state index < -0.39 is 0 Å².